The second-order valence-electron chi connectivity index (χ2n) is 1.43. The van der Waals surface area contributed by atoms with Crippen LogP contribution in [0.4, 0.5) is 0 Å². The predicted molar refractivity (Wildman–Crippen MR) is 29.1 cm³/mol. The predicted octanol–water partition coefficient (Wildman–Crippen LogP) is 0.930. The molecule has 0 aliphatic rings. The number of rotatable bonds is 0. The highest BCUT2D eigenvalue weighted by Gasteiger charge is 2.01. The lowest BCUT2D eigenvalue weighted by Gasteiger charge is -1.73. The number of hydrogen-bond donors (Lipinski definition) is 1. The summed E-state index contributed by atoms with van der Waals surface area (Å²) in [4.78, 5) is 10.3. The maximum absolute atomic E-state index is 10.3. The number of halogens is 1. The van der Waals surface area contributed by atoms with Crippen molar-refractivity contribution >= 4 is 11.6 Å². The van der Waals surface area contributed by atoms with E-state index in [4.69, 9.17) is 11.6 Å². The van der Waals surface area contributed by atoms with Crippen molar-refractivity contribution in [2.75, 3.05) is 0 Å². The summed E-state index contributed by atoms with van der Waals surface area (Å²) in [5, 5.41) is 2.45. The van der Waals surface area contributed by atoms with Crippen molar-refractivity contribution in [3.05, 3.63) is 21.1 Å². The summed E-state index contributed by atoms with van der Waals surface area (Å²) in [7, 11) is 0. The Hall–Kier alpha value is -0.700. The van der Waals surface area contributed by atoms with Gasteiger partial charge in [0.25, 0.3) is 0 Å². The SMILES string of the molecule is Cc1[nH]oc(=O)c1Cl. The molecular formula is C4H4ClNO2. The number of aromatic nitrogens is 1. The van der Waals surface area contributed by atoms with Gasteiger partial charge in [-0.3, -0.25) is 0 Å². The molecule has 1 rings (SSSR count). The molecule has 4 heteroatoms. The first-order valence-corrected chi connectivity index (χ1v) is 2.43. The van der Waals surface area contributed by atoms with Gasteiger partial charge in [-0.2, -0.15) is 0 Å². The molecule has 0 aliphatic carbocycles. The van der Waals surface area contributed by atoms with Gasteiger partial charge < -0.3 is 4.52 Å². The highest BCUT2D eigenvalue weighted by molar-refractivity contribution is 6.30. The standard InChI is InChI=1S/C4H4ClNO2/c1-2-3(5)4(7)8-6-2/h6H,1H3. The Balaban J connectivity index is 3.41. The molecule has 1 heterocycles. The van der Waals surface area contributed by atoms with E-state index in [0.29, 0.717) is 5.69 Å². The molecule has 0 saturated heterocycles. The second kappa shape index (κ2) is 1.67. The molecule has 8 heavy (non-hydrogen) atoms. The lowest BCUT2D eigenvalue weighted by Crippen LogP contribution is -1.89. The van der Waals surface area contributed by atoms with Crippen LogP contribution in [0.5, 0.6) is 0 Å². The minimum absolute atomic E-state index is 0.130. The van der Waals surface area contributed by atoms with Gasteiger partial charge in [0.2, 0.25) is 0 Å². The Labute approximate surface area is 50.2 Å². The summed E-state index contributed by atoms with van der Waals surface area (Å²) in [6, 6.07) is 0. The monoisotopic (exact) mass is 133 g/mol. The molecule has 1 aromatic rings. The van der Waals surface area contributed by atoms with Crippen LogP contribution in [0.15, 0.2) is 9.32 Å². The molecular weight excluding hydrogens is 130 g/mol. The molecule has 0 unspecified atom stereocenters. The maximum atomic E-state index is 10.3. The zero-order valence-corrected chi connectivity index (χ0v) is 4.95. The second-order valence-corrected chi connectivity index (χ2v) is 1.81. The van der Waals surface area contributed by atoms with Crippen molar-refractivity contribution in [3.8, 4) is 0 Å². The Morgan fingerprint density at radius 3 is 2.50 bits per heavy atom. The van der Waals surface area contributed by atoms with E-state index in [2.05, 4.69) is 9.68 Å². The molecule has 1 N–H and O–H groups in total. The van der Waals surface area contributed by atoms with Gasteiger partial charge in [-0.1, -0.05) is 11.6 Å². The van der Waals surface area contributed by atoms with Crippen molar-refractivity contribution in [2.24, 2.45) is 0 Å². The van der Waals surface area contributed by atoms with Crippen molar-refractivity contribution in [1.29, 1.82) is 0 Å². The number of aromatic amines is 1. The van der Waals surface area contributed by atoms with Gasteiger partial charge in [0.1, 0.15) is 5.02 Å². The van der Waals surface area contributed by atoms with Crippen molar-refractivity contribution < 1.29 is 4.52 Å². The lowest BCUT2D eigenvalue weighted by atomic mass is 10.5. The van der Waals surface area contributed by atoms with E-state index in [1.807, 2.05) is 0 Å². The fourth-order valence-corrected chi connectivity index (χ4v) is 0.443. The lowest BCUT2D eigenvalue weighted by molar-refractivity contribution is 0.387. The van der Waals surface area contributed by atoms with Gasteiger partial charge in [-0.05, 0) is 6.92 Å². The van der Waals surface area contributed by atoms with Crippen LogP contribution >= 0.6 is 11.6 Å². The van der Waals surface area contributed by atoms with E-state index in [1.54, 1.807) is 6.92 Å². The summed E-state index contributed by atoms with van der Waals surface area (Å²) in [5.74, 6) is 0. The van der Waals surface area contributed by atoms with Gasteiger partial charge >= 0.3 is 5.63 Å². The third-order valence-corrected chi connectivity index (χ3v) is 1.24. The van der Waals surface area contributed by atoms with E-state index in [1.165, 1.54) is 0 Å². The van der Waals surface area contributed by atoms with Crippen LogP contribution in [0.25, 0.3) is 0 Å². The molecule has 0 amide bonds. The first-order chi connectivity index (χ1) is 3.72. The Kier molecular flexibility index (Phi) is 1.13. The van der Waals surface area contributed by atoms with Crippen LogP contribution in [0.2, 0.25) is 5.02 Å². The molecule has 0 saturated carbocycles. The van der Waals surface area contributed by atoms with Crippen molar-refractivity contribution in [2.45, 2.75) is 6.92 Å². The molecule has 1 aromatic heterocycles. The highest BCUT2D eigenvalue weighted by Crippen LogP contribution is 2.03. The zero-order chi connectivity index (χ0) is 6.15. The molecule has 0 aliphatic heterocycles. The van der Waals surface area contributed by atoms with Gasteiger partial charge in [-0.15, -0.1) is 0 Å². The van der Waals surface area contributed by atoms with E-state index < -0.39 is 5.63 Å². The molecule has 0 aromatic carbocycles. The minimum atomic E-state index is -0.510. The molecule has 0 fully saturated rings. The quantitative estimate of drug-likeness (QED) is 0.572. The fraction of sp³-hybridized carbons (Fsp3) is 0.250. The third-order valence-electron chi connectivity index (χ3n) is 0.805. The van der Waals surface area contributed by atoms with E-state index in [0.717, 1.165) is 0 Å². The average molecular weight is 134 g/mol. The number of aryl methyl sites for hydroxylation is 1. The summed E-state index contributed by atoms with van der Waals surface area (Å²) < 4.78 is 4.28. The number of nitrogens with one attached hydrogen (secondary N) is 1. The van der Waals surface area contributed by atoms with Crippen LogP contribution in [0.1, 0.15) is 5.69 Å². The smallest absolute Gasteiger partial charge is 0.337 e. The Morgan fingerprint density at radius 1 is 1.75 bits per heavy atom. The first kappa shape index (κ1) is 5.44. The first-order valence-electron chi connectivity index (χ1n) is 2.05. The summed E-state index contributed by atoms with van der Waals surface area (Å²) in [5.41, 5.74) is 0.0563. The van der Waals surface area contributed by atoms with Gasteiger partial charge in [0, 0.05) is 0 Å². The summed E-state index contributed by atoms with van der Waals surface area (Å²) in [6.07, 6.45) is 0. The third kappa shape index (κ3) is 0.648. The molecule has 0 radical (unpaired) electrons. The van der Waals surface area contributed by atoms with Gasteiger partial charge in [0.05, 0.1) is 5.69 Å². The fourth-order valence-electron chi connectivity index (χ4n) is 0.366. The zero-order valence-electron chi connectivity index (χ0n) is 4.19. The minimum Gasteiger partial charge on any atom is -0.337 e. The Bertz CT molecular complexity index is 236. The molecule has 3 nitrogen and oxygen atoms in total. The highest BCUT2D eigenvalue weighted by atomic mass is 35.5. The maximum Gasteiger partial charge on any atom is 0.375 e. The van der Waals surface area contributed by atoms with Crippen molar-refractivity contribution in [3.63, 3.8) is 0 Å². The number of H-pyrrole nitrogens is 1. The Morgan fingerprint density at radius 2 is 2.38 bits per heavy atom. The summed E-state index contributed by atoms with van der Waals surface area (Å²) in [6.45, 7) is 1.66. The molecule has 44 valence electrons. The van der Waals surface area contributed by atoms with Gasteiger partial charge in [-0.25, -0.2) is 9.95 Å². The van der Waals surface area contributed by atoms with E-state index in [-0.39, 0.29) is 5.02 Å². The van der Waals surface area contributed by atoms with Crippen LogP contribution in [-0.2, 0) is 0 Å². The number of hydrogen-bond acceptors (Lipinski definition) is 2. The van der Waals surface area contributed by atoms with E-state index >= 15 is 0 Å². The summed E-state index contributed by atoms with van der Waals surface area (Å²) >= 11 is 5.36. The largest absolute Gasteiger partial charge is 0.375 e. The molecule has 0 spiro atoms. The van der Waals surface area contributed by atoms with Gasteiger partial charge in [0.15, 0.2) is 0 Å². The van der Waals surface area contributed by atoms with Crippen LogP contribution in [-0.4, -0.2) is 5.16 Å². The van der Waals surface area contributed by atoms with Crippen LogP contribution < -0.4 is 5.63 Å². The van der Waals surface area contributed by atoms with Crippen molar-refractivity contribution in [1.82, 2.24) is 5.16 Å². The van der Waals surface area contributed by atoms with Crippen LogP contribution in [0, 0.1) is 6.92 Å². The molecule has 0 atom stereocenters. The van der Waals surface area contributed by atoms with E-state index in [9.17, 15) is 4.79 Å². The topological polar surface area (TPSA) is 46.0 Å². The van der Waals surface area contributed by atoms with Crippen LogP contribution in [0.3, 0.4) is 0 Å². The molecule has 0 bridgehead atoms. The normalized spacial score (nSPS) is 9.75. The average Bonchev–Trinajstić information content (AvgIpc) is 1.98.